The van der Waals surface area contributed by atoms with E-state index in [0.29, 0.717) is 17.9 Å². The molecule has 37 heavy (non-hydrogen) atoms. The molecule has 3 atom stereocenters. The smallest absolute Gasteiger partial charge is 0.0643 e. The van der Waals surface area contributed by atoms with Crippen molar-refractivity contribution < 1.29 is 0 Å². The van der Waals surface area contributed by atoms with E-state index in [1.165, 1.54) is 60.1 Å². The summed E-state index contributed by atoms with van der Waals surface area (Å²) in [6, 6.07) is 43.0. The Balaban J connectivity index is 1.34. The first-order valence-corrected chi connectivity index (χ1v) is 13.1. The zero-order valence-electron chi connectivity index (χ0n) is 20.4. The fourth-order valence-electron chi connectivity index (χ4n) is 6.46. The third-order valence-electron chi connectivity index (χ3n) is 8.27. The minimum Gasteiger partial charge on any atom is -0.289 e. The maximum Gasteiger partial charge on any atom is 0.0643 e. The standard InChI is InChI=1S/C36H25N/c1-2-9-26-22-27(20-15-23(26)8-1)34-30-12-5-3-10-28(30)33(29-11-4-6-13-31(29)34)24-16-18-25(19-17-24)35-32-14-7-21-37-36(32)35/h1-22,32,35-36H. The molecule has 1 fully saturated rings. The highest BCUT2D eigenvalue weighted by Crippen LogP contribution is 2.52. The van der Waals surface area contributed by atoms with Crippen LogP contribution >= 0.6 is 0 Å². The first-order valence-electron chi connectivity index (χ1n) is 13.1. The molecule has 1 saturated carbocycles. The lowest BCUT2D eigenvalue weighted by Crippen LogP contribution is -1.91. The monoisotopic (exact) mass is 471 g/mol. The second-order valence-corrected chi connectivity index (χ2v) is 10.3. The molecule has 3 unspecified atom stereocenters. The van der Waals surface area contributed by atoms with Gasteiger partial charge in [-0.15, -0.1) is 0 Å². The number of nitrogens with zero attached hydrogens (tertiary/aromatic N) is 1. The van der Waals surface area contributed by atoms with Gasteiger partial charge in [-0.1, -0.05) is 115 Å². The Morgan fingerprint density at radius 3 is 1.70 bits per heavy atom. The van der Waals surface area contributed by atoms with Crippen molar-refractivity contribution in [1.82, 2.24) is 0 Å². The average molecular weight is 472 g/mol. The van der Waals surface area contributed by atoms with Crippen molar-refractivity contribution in [2.24, 2.45) is 10.9 Å². The second-order valence-electron chi connectivity index (χ2n) is 10.3. The van der Waals surface area contributed by atoms with Gasteiger partial charge in [0.05, 0.1) is 6.04 Å². The van der Waals surface area contributed by atoms with Crippen molar-refractivity contribution in [3.63, 3.8) is 0 Å². The summed E-state index contributed by atoms with van der Waals surface area (Å²) < 4.78 is 0. The van der Waals surface area contributed by atoms with E-state index in [-0.39, 0.29) is 0 Å². The number of benzene rings is 6. The SMILES string of the molecule is C1=CC2C(N=C1)C2c1ccc(-c2c3ccccc3c(-c3ccc4ccccc4c3)c3ccccc23)cc1. The predicted octanol–water partition coefficient (Wildman–Crippen LogP) is 9.20. The van der Waals surface area contributed by atoms with Gasteiger partial charge in [0, 0.05) is 18.1 Å². The zero-order chi connectivity index (χ0) is 24.3. The van der Waals surface area contributed by atoms with Crippen LogP contribution in [0, 0.1) is 5.92 Å². The first kappa shape index (κ1) is 20.7. The zero-order valence-corrected chi connectivity index (χ0v) is 20.4. The van der Waals surface area contributed by atoms with Crippen molar-refractivity contribution in [1.29, 1.82) is 0 Å². The maximum absolute atomic E-state index is 4.67. The molecule has 6 aromatic rings. The maximum atomic E-state index is 4.67. The van der Waals surface area contributed by atoms with Gasteiger partial charge in [-0.2, -0.15) is 0 Å². The molecule has 0 aromatic heterocycles. The summed E-state index contributed by atoms with van der Waals surface area (Å²) in [4.78, 5) is 4.67. The van der Waals surface area contributed by atoms with Gasteiger partial charge in [-0.05, 0) is 72.3 Å². The van der Waals surface area contributed by atoms with Gasteiger partial charge in [0.25, 0.3) is 0 Å². The minimum absolute atomic E-state index is 0.429. The van der Waals surface area contributed by atoms with E-state index in [0.717, 1.165) is 0 Å². The molecule has 1 heterocycles. The highest BCUT2D eigenvalue weighted by atomic mass is 14.9. The van der Waals surface area contributed by atoms with Crippen LogP contribution < -0.4 is 0 Å². The van der Waals surface area contributed by atoms with Gasteiger partial charge in [0.1, 0.15) is 0 Å². The predicted molar refractivity (Wildman–Crippen MR) is 157 cm³/mol. The van der Waals surface area contributed by atoms with Crippen molar-refractivity contribution in [2.45, 2.75) is 12.0 Å². The van der Waals surface area contributed by atoms with E-state index >= 15 is 0 Å². The van der Waals surface area contributed by atoms with E-state index in [1.54, 1.807) is 0 Å². The van der Waals surface area contributed by atoms with Gasteiger partial charge >= 0.3 is 0 Å². The number of allylic oxidation sites excluding steroid dienone is 1. The molecule has 2 aliphatic rings. The van der Waals surface area contributed by atoms with Crippen molar-refractivity contribution >= 4 is 38.5 Å². The molecule has 0 N–H and O–H groups in total. The van der Waals surface area contributed by atoms with Crippen LogP contribution in [-0.2, 0) is 0 Å². The van der Waals surface area contributed by atoms with Crippen LogP contribution in [-0.4, -0.2) is 12.3 Å². The lowest BCUT2D eigenvalue weighted by molar-refractivity contribution is 0.970. The Bertz CT molecular complexity index is 1820. The summed E-state index contributed by atoms with van der Waals surface area (Å²) >= 11 is 0. The summed E-state index contributed by atoms with van der Waals surface area (Å²) in [5.41, 5.74) is 6.54. The number of hydrogen-bond donors (Lipinski definition) is 0. The molecule has 0 saturated heterocycles. The molecule has 1 aliphatic heterocycles. The summed E-state index contributed by atoms with van der Waals surface area (Å²) in [6.45, 7) is 0. The fourth-order valence-corrected chi connectivity index (χ4v) is 6.46. The molecular weight excluding hydrogens is 446 g/mol. The van der Waals surface area contributed by atoms with E-state index < -0.39 is 0 Å². The molecule has 174 valence electrons. The molecule has 1 aliphatic carbocycles. The van der Waals surface area contributed by atoms with Crippen LogP contribution in [0.15, 0.2) is 132 Å². The van der Waals surface area contributed by atoms with Gasteiger partial charge < -0.3 is 0 Å². The number of hydrogen-bond acceptors (Lipinski definition) is 1. The van der Waals surface area contributed by atoms with E-state index in [1.807, 2.05) is 6.21 Å². The molecular formula is C36H25N. The number of aliphatic imine (C=N–C) groups is 1. The van der Waals surface area contributed by atoms with Crippen LogP contribution in [0.1, 0.15) is 11.5 Å². The van der Waals surface area contributed by atoms with Crippen LogP contribution in [0.5, 0.6) is 0 Å². The van der Waals surface area contributed by atoms with Crippen molar-refractivity contribution in [3.8, 4) is 22.3 Å². The fraction of sp³-hybridized carbons (Fsp3) is 0.0833. The topological polar surface area (TPSA) is 12.4 Å². The number of rotatable bonds is 3. The second kappa shape index (κ2) is 8.01. The largest absolute Gasteiger partial charge is 0.289 e. The third kappa shape index (κ3) is 3.21. The van der Waals surface area contributed by atoms with E-state index in [9.17, 15) is 0 Å². The Hall–Kier alpha value is -4.49. The average Bonchev–Trinajstić information content (AvgIpc) is 3.70. The minimum atomic E-state index is 0.429. The molecule has 0 bridgehead atoms. The van der Waals surface area contributed by atoms with Gasteiger partial charge in [-0.3, -0.25) is 4.99 Å². The number of dihydropyridines is 1. The Morgan fingerprint density at radius 2 is 1.08 bits per heavy atom. The molecule has 0 spiro atoms. The molecule has 1 heteroatoms. The molecule has 0 amide bonds. The normalized spacial score (nSPS) is 19.9. The van der Waals surface area contributed by atoms with E-state index in [4.69, 9.17) is 0 Å². The first-order chi connectivity index (χ1) is 18.4. The summed E-state index contributed by atoms with van der Waals surface area (Å²) in [5, 5.41) is 7.72. The van der Waals surface area contributed by atoms with Gasteiger partial charge in [0.15, 0.2) is 0 Å². The summed E-state index contributed by atoms with van der Waals surface area (Å²) in [7, 11) is 0. The lowest BCUT2D eigenvalue weighted by Gasteiger charge is -2.18. The van der Waals surface area contributed by atoms with Crippen LogP contribution in [0.2, 0.25) is 0 Å². The molecule has 8 rings (SSSR count). The molecule has 6 aromatic carbocycles. The molecule has 0 radical (unpaired) electrons. The van der Waals surface area contributed by atoms with Crippen LogP contribution in [0.25, 0.3) is 54.6 Å². The van der Waals surface area contributed by atoms with E-state index in [2.05, 4.69) is 132 Å². The van der Waals surface area contributed by atoms with Crippen molar-refractivity contribution in [3.05, 3.63) is 133 Å². The molecule has 1 nitrogen and oxygen atoms in total. The summed E-state index contributed by atoms with van der Waals surface area (Å²) in [5.74, 6) is 1.09. The Morgan fingerprint density at radius 1 is 0.514 bits per heavy atom. The highest BCUT2D eigenvalue weighted by molar-refractivity contribution is 6.21. The van der Waals surface area contributed by atoms with Gasteiger partial charge in [-0.25, -0.2) is 0 Å². The summed E-state index contributed by atoms with van der Waals surface area (Å²) in [6.07, 6.45) is 6.35. The Kier molecular flexibility index (Phi) is 4.48. The third-order valence-corrected chi connectivity index (χ3v) is 8.27. The Labute approximate surface area is 216 Å². The lowest BCUT2D eigenvalue weighted by atomic mass is 9.85. The quantitative estimate of drug-likeness (QED) is 0.228. The number of fused-ring (bicyclic) bond motifs is 4. The highest BCUT2D eigenvalue weighted by Gasteiger charge is 2.49. The van der Waals surface area contributed by atoms with Gasteiger partial charge in [0.2, 0.25) is 0 Å². The van der Waals surface area contributed by atoms with Crippen LogP contribution in [0.4, 0.5) is 0 Å². The van der Waals surface area contributed by atoms with Crippen molar-refractivity contribution in [2.75, 3.05) is 0 Å². The van der Waals surface area contributed by atoms with Crippen LogP contribution in [0.3, 0.4) is 0 Å².